The Morgan fingerprint density at radius 3 is 2.63 bits per heavy atom. The van der Waals surface area contributed by atoms with Crippen molar-refractivity contribution in [3.8, 4) is 17.2 Å². The van der Waals surface area contributed by atoms with Gasteiger partial charge in [0.2, 0.25) is 11.8 Å². The fourth-order valence-electron chi connectivity index (χ4n) is 5.94. The SMILES string of the molecule is CC(C)N1C(=O)CC(=O)N(Cc2cc3nccc(-c4cc(Cl)cc5ccn(CC6(C#N)CCNCC6)c45)c3s2)C1=O. The lowest BCUT2D eigenvalue weighted by atomic mass is 9.80. The van der Waals surface area contributed by atoms with Gasteiger partial charge in [-0.05, 0) is 70.1 Å². The number of pyridine rings is 1. The van der Waals surface area contributed by atoms with E-state index in [9.17, 15) is 19.6 Å². The summed E-state index contributed by atoms with van der Waals surface area (Å²) in [4.78, 5) is 45.7. The third kappa shape index (κ3) is 4.88. The highest BCUT2D eigenvalue weighted by Gasteiger charge is 2.39. The van der Waals surface area contributed by atoms with Crippen molar-refractivity contribution >= 4 is 61.9 Å². The van der Waals surface area contributed by atoms with Gasteiger partial charge < -0.3 is 9.88 Å². The maximum absolute atomic E-state index is 13.1. The molecule has 0 saturated carbocycles. The van der Waals surface area contributed by atoms with Crippen molar-refractivity contribution in [1.82, 2.24) is 24.7 Å². The Labute approximate surface area is 246 Å². The van der Waals surface area contributed by atoms with Gasteiger partial charge in [0.1, 0.15) is 6.42 Å². The molecule has 0 atom stereocenters. The van der Waals surface area contributed by atoms with Crippen molar-refractivity contribution in [3.05, 3.63) is 52.6 Å². The number of nitriles is 1. The zero-order valence-electron chi connectivity index (χ0n) is 22.8. The first-order chi connectivity index (χ1) is 19.7. The molecule has 210 valence electrons. The first-order valence-electron chi connectivity index (χ1n) is 13.6. The number of urea groups is 1. The third-order valence-corrected chi connectivity index (χ3v) is 9.35. The molecule has 4 amide bonds. The largest absolute Gasteiger partial charge is 0.345 e. The summed E-state index contributed by atoms with van der Waals surface area (Å²) < 4.78 is 3.07. The number of hydrogen-bond donors (Lipinski definition) is 1. The number of fused-ring (bicyclic) bond motifs is 2. The molecule has 0 bridgehead atoms. The molecule has 2 aliphatic rings. The Kier molecular flexibility index (Phi) is 7.06. The molecule has 0 aliphatic carbocycles. The number of imide groups is 2. The lowest BCUT2D eigenvalue weighted by Crippen LogP contribution is -2.56. The van der Waals surface area contributed by atoms with Crippen LogP contribution in [0.2, 0.25) is 5.02 Å². The summed E-state index contributed by atoms with van der Waals surface area (Å²) in [7, 11) is 0. The lowest BCUT2D eigenvalue weighted by molar-refractivity contribution is -0.143. The van der Waals surface area contributed by atoms with E-state index >= 15 is 0 Å². The van der Waals surface area contributed by atoms with Gasteiger partial charge in [-0.3, -0.25) is 24.4 Å². The molecular weight excluding hydrogens is 560 g/mol. The highest BCUT2D eigenvalue weighted by atomic mass is 35.5. The summed E-state index contributed by atoms with van der Waals surface area (Å²) in [6.07, 6.45) is 5.02. The molecule has 3 aromatic heterocycles. The molecule has 9 nitrogen and oxygen atoms in total. The van der Waals surface area contributed by atoms with E-state index in [-0.39, 0.29) is 19.0 Å². The van der Waals surface area contributed by atoms with Gasteiger partial charge in [0, 0.05) is 51.4 Å². The number of aromatic nitrogens is 2. The van der Waals surface area contributed by atoms with Crippen LogP contribution < -0.4 is 5.32 Å². The van der Waals surface area contributed by atoms with E-state index < -0.39 is 23.3 Å². The monoisotopic (exact) mass is 588 g/mol. The molecule has 1 N–H and O–H groups in total. The van der Waals surface area contributed by atoms with E-state index in [0.29, 0.717) is 11.6 Å². The van der Waals surface area contributed by atoms with Crippen LogP contribution in [0.3, 0.4) is 0 Å². The fraction of sp³-hybridized carbons (Fsp3) is 0.367. The van der Waals surface area contributed by atoms with Gasteiger partial charge in [0.05, 0.1) is 33.8 Å². The van der Waals surface area contributed by atoms with Crippen molar-refractivity contribution in [2.45, 2.75) is 52.2 Å². The van der Waals surface area contributed by atoms with Gasteiger partial charge in [-0.1, -0.05) is 11.6 Å². The van der Waals surface area contributed by atoms with Gasteiger partial charge in [-0.15, -0.1) is 11.3 Å². The predicted octanol–water partition coefficient (Wildman–Crippen LogP) is 5.55. The second-order valence-corrected chi connectivity index (χ2v) is 12.6. The number of nitrogens with one attached hydrogen (secondary N) is 1. The Hall–Kier alpha value is -3.78. The van der Waals surface area contributed by atoms with Crippen molar-refractivity contribution in [3.63, 3.8) is 0 Å². The number of barbiturate groups is 1. The first kappa shape index (κ1) is 27.4. The summed E-state index contributed by atoms with van der Waals surface area (Å²) in [6, 6.07) is 11.4. The topological polar surface area (TPSA) is 111 Å². The van der Waals surface area contributed by atoms with Gasteiger partial charge in [0.25, 0.3) is 0 Å². The van der Waals surface area contributed by atoms with Gasteiger partial charge >= 0.3 is 6.03 Å². The average Bonchev–Trinajstić information content (AvgIpc) is 3.54. The zero-order chi connectivity index (χ0) is 28.9. The Morgan fingerprint density at radius 2 is 1.90 bits per heavy atom. The molecule has 1 aromatic carbocycles. The van der Waals surface area contributed by atoms with Crippen molar-refractivity contribution < 1.29 is 14.4 Å². The number of piperidine rings is 1. The van der Waals surface area contributed by atoms with Crippen LogP contribution in [-0.2, 0) is 22.7 Å². The van der Waals surface area contributed by atoms with E-state index in [1.807, 2.05) is 36.5 Å². The maximum Gasteiger partial charge on any atom is 0.333 e. The van der Waals surface area contributed by atoms with E-state index in [4.69, 9.17) is 11.6 Å². The molecule has 4 aromatic rings. The number of thiophene rings is 1. The summed E-state index contributed by atoms with van der Waals surface area (Å²) in [5.41, 5.74) is 3.16. The summed E-state index contributed by atoms with van der Waals surface area (Å²) >= 11 is 8.07. The molecule has 11 heteroatoms. The highest BCUT2D eigenvalue weighted by Crippen LogP contribution is 2.41. The Morgan fingerprint density at radius 1 is 1.12 bits per heavy atom. The van der Waals surface area contributed by atoms with Crippen LogP contribution in [0, 0.1) is 16.7 Å². The second-order valence-electron chi connectivity index (χ2n) is 11.1. The van der Waals surface area contributed by atoms with Crippen LogP contribution in [0.1, 0.15) is 38.0 Å². The second kappa shape index (κ2) is 10.6. The minimum absolute atomic E-state index is 0.0642. The molecule has 0 radical (unpaired) electrons. The number of hydrogen-bond acceptors (Lipinski definition) is 7. The van der Waals surface area contributed by atoms with Gasteiger partial charge in [-0.2, -0.15) is 5.26 Å². The molecule has 2 aliphatic heterocycles. The number of halogens is 1. The van der Waals surface area contributed by atoms with E-state index in [0.717, 1.165) is 72.9 Å². The minimum atomic E-state index is -0.592. The Balaban J connectivity index is 1.41. The normalized spacial score (nSPS) is 17.7. The van der Waals surface area contributed by atoms with Crippen molar-refractivity contribution in [1.29, 1.82) is 5.26 Å². The molecule has 2 saturated heterocycles. The average molecular weight is 589 g/mol. The predicted molar refractivity (Wildman–Crippen MR) is 158 cm³/mol. The van der Waals surface area contributed by atoms with Gasteiger partial charge in [0.15, 0.2) is 0 Å². The number of nitrogens with zero attached hydrogens (tertiary/aromatic N) is 5. The number of amides is 4. The quantitative estimate of drug-likeness (QED) is 0.295. The first-order valence-corrected chi connectivity index (χ1v) is 14.8. The number of carbonyl (C=O) groups excluding carboxylic acids is 3. The van der Waals surface area contributed by atoms with Crippen LogP contribution in [-0.4, -0.2) is 56.3 Å². The fourth-order valence-corrected chi connectivity index (χ4v) is 7.30. The Bertz CT molecular complexity index is 1750. The molecule has 0 spiro atoms. The minimum Gasteiger partial charge on any atom is -0.345 e. The number of carbonyl (C=O) groups is 3. The molecule has 5 heterocycles. The molecule has 6 rings (SSSR count). The number of benzene rings is 1. The lowest BCUT2D eigenvalue weighted by Gasteiger charge is -2.34. The van der Waals surface area contributed by atoms with Crippen molar-refractivity contribution in [2.75, 3.05) is 13.1 Å². The number of rotatable bonds is 6. The van der Waals surface area contributed by atoms with E-state index in [2.05, 4.69) is 20.9 Å². The van der Waals surface area contributed by atoms with Crippen LogP contribution in [0.5, 0.6) is 0 Å². The molecular formula is C30H29ClN6O3S. The van der Waals surface area contributed by atoms with Gasteiger partial charge in [-0.25, -0.2) is 4.79 Å². The smallest absolute Gasteiger partial charge is 0.333 e. The standard InChI is InChI=1S/C30H29ClN6O3S/c1-18(2)37-26(39)14-25(38)36(29(37)40)15-21-13-24-28(41-21)22(3-7-34-24)23-12-20(31)11-19-4-10-35(27(19)23)17-30(16-32)5-8-33-9-6-30/h3-4,7,10-13,18,33H,5-6,8-9,14-15,17H2,1-2H3. The summed E-state index contributed by atoms with van der Waals surface area (Å²) in [6.45, 7) is 5.79. The maximum atomic E-state index is 13.1. The summed E-state index contributed by atoms with van der Waals surface area (Å²) in [5, 5.41) is 15.1. The van der Waals surface area contributed by atoms with Crippen molar-refractivity contribution in [2.24, 2.45) is 5.41 Å². The summed E-state index contributed by atoms with van der Waals surface area (Å²) in [5.74, 6) is -0.969. The zero-order valence-corrected chi connectivity index (χ0v) is 24.4. The van der Waals surface area contributed by atoms with Crippen LogP contribution in [0.25, 0.3) is 32.2 Å². The van der Waals surface area contributed by atoms with Crippen LogP contribution in [0.4, 0.5) is 4.79 Å². The van der Waals surface area contributed by atoms with E-state index in [1.54, 1.807) is 20.0 Å². The molecule has 2 fully saturated rings. The molecule has 0 unspecified atom stereocenters. The van der Waals surface area contributed by atoms with E-state index in [1.165, 1.54) is 11.3 Å². The molecule has 41 heavy (non-hydrogen) atoms. The van der Waals surface area contributed by atoms with Crippen LogP contribution >= 0.6 is 22.9 Å². The third-order valence-electron chi connectivity index (χ3n) is 7.99. The van der Waals surface area contributed by atoms with Crippen LogP contribution in [0.15, 0.2) is 42.7 Å². The highest BCUT2D eigenvalue weighted by molar-refractivity contribution is 7.19.